The topological polar surface area (TPSA) is 62.6 Å². The van der Waals surface area contributed by atoms with Gasteiger partial charge < -0.3 is 4.42 Å². The summed E-state index contributed by atoms with van der Waals surface area (Å²) < 4.78 is 5.11. The molecule has 1 aromatic carbocycles. The summed E-state index contributed by atoms with van der Waals surface area (Å²) >= 11 is 5.80. The zero-order chi connectivity index (χ0) is 16.3. The van der Waals surface area contributed by atoms with Crippen LogP contribution < -0.4 is 5.43 Å². The Hall–Kier alpha value is -2.27. The van der Waals surface area contributed by atoms with Gasteiger partial charge in [0.25, 0.3) is 5.91 Å². The molecular formula is C16H17ClN2O3. The molecule has 0 saturated heterocycles. The number of hydrogen-bond acceptors (Lipinski definition) is 3. The van der Waals surface area contributed by atoms with Gasteiger partial charge in [0, 0.05) is 10.6 Å². The van der Waals surface area contributed by atoms with Crippen LogP contribution in [-0.2, 0) is 0 Å². The Kier molecular flexibility index (Phi) is 4.56. The number of halogens is 1. The van der Waals surface area contributed by atoms with Crippen LogP contribution in [0.5, 0.6) is 0 Å². The molecule has 0 unspecified atom stereocenters. The van der Waals surface area contributed by atoms with Crippen LogP contribution in [0.25, 0.3) is 0 Å². The van der Waals surface area contributed by atoms with E-state index >= 15 is 0 Å². The van der Waals surface area contributed by atoms with Crippen LogP contribution in [0.15, 0.2) is 47.1 Å². The highest BCUT2D eigenvalue weighted by molar-refractivity contribution is 6.30. The Labute approximate surface area is 133 Å². The number of rotatable bonds is 2. The third-order valence-electron chi connectivity index (χ3n) is 2.93. The number of hydrogen-bond donors (Lipinski definition) is 1. The van der Waals surface area contributed by atoms with Crippen LogP contribution in [-0.4, -0.2) is 22.4 Å². The standard InChI is InChI=1S/C16H17ClN2O3/c1-16(2,3)19(15(21)13-5-4-10-22-13)18-14(20)11-6-8-12(17)9-7-11/h4-10H,1-3H3,(H,18,20). The first-order valence-electron chi connectivity index (χ1n) is 6.73. The van der Waals surface area contributed by atoms with Gasteiger partial charge in [-0.3, -0.25) is 15.0 Å². The Balaban J connectivity index is 2.22. The fourth-order valence-electron chi connectivity index (χ4n) is 1.80. The smallest absolute Gasteiger partial charge is 0.308 e. The van der Waals surface area contributed by atoms with E-state index in [1.807, 2.05) is 20.8 Å². The molecule has 1 aromatic heterocycles. The molecule has 22 heavy (non-hydrogen) atoms. The molecular weight excluding hydrogens is 304 g/mol. The number of nitrogens with zero attached hydrogens (tertiary/aromatic N) is 1. The van der Waals surface area contributed by atoms with Gasteiger partial charge in [-0.15, -0.1) is 0 Å². The molecule has 2 aromatic rings. The van der Waals surface area contributed by atoms with E-state index in [0.717, 1.165) is 0 Å². The van der Waals surface area contributed by atoms with Crippen molar-refractivity contribution in [3.05, 3.63) is 59.0 Å². The van der Waals surface area contributed by atoms with E-state index in [0.29, 0.717) is 10.6 Å². The molecule has 0 bridgehead atoms. The zero-order valence-corrected chi connectivity index (χ0v) is 13.3. The van der Waals surface area contributed by atoms with Crippen LogP contribution >= 0.6 is 11.6 Å². The summed E-state index contributed by atoms with van der Waals surface area (Å²) in [6.45, 7) is 5.45. The van der Waals surface area contributed by atoms with Crippen molar-refractivity contribution >= 4 is 23.4 Å². The maximum atomic E-state index is 12.5. The van der Waals surface area contributed by atoms with Crippen LogP contribution in [0.3, 0.4) is 0 Å². The van der Waals surface area contributed by atoms with Crippen LogP contribution in [0.2, 0.25) is 5.02 Å². The van der Waals surface area contributed by atoms with Gasteiger partial charge in [0.1, 0.15) is 0 Å². The van der Waals surface area contributed by atoms with Gasteiger partial charge in [-0.05, 0) is 57.2 Å². The molecule has 5 nitrogen and oxygen atoms in total. The van der Waals surface area contributed by atoms with Gasteiger partial charge in [0.2, 0.25) is 0 Å². The molecule has 0 fully saturated rings. The van der Waals surface area contributed by atoms with E-state index < -0.39 is 17.4 Å². The largest absolute Gasteiger partial charge is 0.459 e. The lowest BCUT2D eigenvalue weighted by atomic mass is 10.1. The molecule has 2 amide bonds. The average molecular weight is 321 g/mol. The highest BCUT2D eigenvalue weighted by atomic mass is 35.5. The number of hydrazine groups is 1. The second-order valence-electron chi connectivity index (χ2n) is 5.74. The number of carbonyl (C=O) groups excluding carboxylic acids is 2. The molecule has 1 N–H and O–H groups in total. The monoisotopic (exact) mass is 320 g/mol. The maximum absolute atomic E-state index is 12.5. The van der Waals surface area contributed by atoms with E-state index in [9.17, 15) is 9.59 Å². The normalized spacial score (nSPS) is 11.1. The summed E-state index contributed by atoms with van der Waals surface area (Å²) in [5.41, 5.74) is 2.41. The molecule has 116 valence electrons. The van der Waals surface area contributed by atoms with Crippen LogP contribution in [0.1, 0.15) is 41.7 Å². The lowest BCUT2D eigenvalue weighted by Gasteiger charge is -2.34. The number of nitrogens with one attached hydrogen (secondary N) is 1. The minimum atomic E-state index is -0.619. The predicted octanol–water partition coefficient (Wildman–Crippen LogP) is 3.52. The van der Waals surface area contributed by atoms with Gasteiger partial charge in [-0.25, -0.2) is 5.01 Å². The van der Waals surface area contributed by atoms with Gasteiger partial charge in [-0.2, -0.15) is 0 Å². The molecule has 0 aliphatic rings. The second-order valence-corrected chi connectivity index (χ2v) is 6.17. The molecule has 0 aliphatic heterocycles. The molecule has 0 spiro atoms. The zero-order valence-electron chi connectivity index (χ0n) is 12.6. The Morgan fingerprint density at radius 1 is 1.14 bits per heavy atom. The summed E-state index contributed by atoms with van der Waals surface area (Å²) in [5.74, 6) is -0.655. The third kappa shape index (κ3) is 3.68. The molecule has 0 aliphatic carbocycles. The second kappa shape index (κ2) is 6.23. The predicted molar refractivity (Wildman–Crippen MR) is 83.5 cm³/mol. The van der Waals surface area contributed by atoms with E-state index in [1.54, 1.807) is 36.4 Å². The lowest BCUT2D eigenvalue weighted by Crippen LogP contribution is -2.55. The molecule has 0 saturated carbocycles. The Morgan fingerprint density at radius 2 is 1.77 bits per heavy atom. The first-order chi connectivity index (χ1) is 10.3. The summed E-state index contributed by atoms with van der Waals surface area (Å²) in [5, 5.41) is 1.79. The van der Waals surface area contributed by atoms with Crippen molar-refractivity contribution in [3.8, 4) is 0 Å². The van der Waals surface area contributed by atoms with Crippen molar-refractivity contribution < 1.29 is 14.0 Å². The number of carbonyl (C=O) groups is 2. The van der Waals surface area contributed by atoms with Gasteiger partial charge >= 0.3 is 5.91 Å². The van der Waals surface area contributed by atoms with Crippen molar-refractivity contribution in [2.75, 3.05) is 0 Å². The van der Waals surface area contributed by atoms with Crippen LogP contribution in [0, 0.1) is 0 Å². The molecule has 1 heterocycles. The van der Waals surface area contributed by atoms with E-state index in [2.05, 4.69) is 5.43 Å². The summed E-state index contributed by atoms with van der Waals surface area (Å²) in [4.78, 5) is 24.8. The summed E-state index contributed by atoms with van der Waals surface area (Å²) in [7, 11) is 0. The molecule has 0 radical (unpaired) electrons. The Bertz CT molecular complexity index is 658. The van der Waals surface area contributed by atoms with Crippen molar-refractivity contribution in [1.29, 1.82) is 0 Å². The quantitative estimate of drug-likeness (QED) is 0.861. The number of amides is 2. The molecule has 2 rings (SSSR count). The maximum Gasteiger partial charge on any atom is 0.308 e. The third-order valence-corrected chi connectivity index (χ3v) is 3.18. The summed E-state index contributed by atoms with van der Waals surface area (Å²) in [6.07, 6.45) is 1.41. The fraction of sp³-hybridized carbons (Fsp3) is 0.250. The van der Waals surface area contributed by atoms with Crippen molar-refractivity contribution in [1.82, 2.24) is 10.4 Å². The van der Waals surface area contributed by atoms with E-state index in [4.69, 9.17) is 16.0 Å². The fourth-order valence-corrected chi connectivity index (χ4v) is 1.93. The average Bonchev–Trinajstić information content (AvgIpc) is 2.97. The van der Waals surface area contributed by atoms with Crippen molar-refractivity contribution in [2.24, 2.45) is 0 Å². The minimum Gasteiger partial charge on any atom is -0.459 e. The van der Waals surface area contributed by atoms with E-state index in [-0.39, 0.29) is 5.76 Å². The van der Waals surface area contributed by atoms with Crippen LogP contribution in [0.4, 0.5) is 0 Å². The van der Waals surface area contributed by atoms with Crippen molar-refractivity contribution in [2.45, 2.75) is 26.3 Å². The first kappa shape index (κ1) is 16.1. The first-order valence-corrected chi connectivity index (χ1v) is 7.11. The number of benzene rings is 1. The van der Waals surface area contributed by atoms with Gasteiger partial charge in [0.05, 0.1) is 11.8 Å². The minimum absolute atomic E-state index is 0.159. The molecule has 6 heteroatoms. The highest BCUT2D eigenvalue weighted by Gasteiger charge is 2.31. The van der Waals surface area contributed by atoms with Gasteiger partial charge in [-0.1, -0.05) is 11.6 Å². The van der Waals surface area contributed by atoms with Gasteiger partial charge in [0.15, 0.2) is 5.76 Å². The SMILES string of the molecule is CC(C)(C)N(NC(=O)c1ccc(Cl)cc1)C(=O)c1ccco1. The molecule has 0 atom stereocenters. The van der Waals surface area contributed by atoms with E-state index in [1.165, 1.54) is 11.3 Å². The number of furan rings is 1. The highest BCUT2D eigenvalue weighted by Crippen LogP contribution is 2.16. The Morgan fingerprint density at radius 3 is 2.27 bits per heavy atom. The lowest BCUT2D eigenvalue weighted by molar-refractivity contribution is 0.0333. The summed E-state index contributed by atoms with van der Waals surface area (Å²) in [6, 6.07) is 9.59. The van der Waals surface area contributed by atoms with Crippen molar-refractivity contribution in [3.63, 3.8) is 0 Å².